The van der Waals surface area contributed by atoms with Crippen LogP contribution in [0.5, 0.6) is 0 Å². The van der Waals surface area contributed by atoms with Gasteiger partial charge >= 0.3 is 11.9 Å². The van der Waals surface area contributed by atoms with Crippen molar-refractivity contribution < 1.29 is 13.2 Å². The van der Waals surface area contributed by atoms with E-state index < -0.39 is 11.7 Å². The van der Waals surface area contributed by atoms with Crippen LogP contribution in [0.2, 0.25) is 0 Å². The van der Waals surface area contributed by atoms with Crippen molar-refractivity contribution in [2.45, 2.75) is 19.1 Å². The van der Waals surface area contributed by atoms with E-state index in [1.54, 1.807) is 4.57 Å². The van der Waals surface area contributed by atoms with E-state index >= 15 is 0 Å². The fraction of sp³-hybridized carbons (Fsp3) is 0.462. The van der Waals surface area contributed by atoms with Crippen LogP contribution in [-0.4, -0.2) is 21.1 Å². The number of rotatable bonds is 2. The number of alkyl halides is 3. The molecule has 0 radical (unpaired) electrons. The molecule has 1 atom stereocenters. The van der Waals surface area contributed by atoms with E-state index in [0.717, 1.165) is 30.1 Å². The van der Waals surface area contributed by atoms with E-state index in [1.165, 1.54) is 6.07 Å². The lowest BCUT2D eigenvalue weighted by Gasteiger charge is -2.10. The molecule has 0 amide bonds. The first kappa shape index (κ1) is 13.6. The third-order valence-electron chi connectivity index (χ3n) is 3.57. The third-order valence-corrected chi connectivity index (χ3v) is 4.80. The summed E-state index contributed by atoms with van der Waals surface area (Å²) in [5.74, 6) is 2.50. The predicted molar refractivity (Wildman–Crippen MR) is 73.0 cm³/mol. The Kier molecular flexibility index (Phi) is 3.32. The number of imidazole rings is 1. The molecule has 0 bridgehead atoms. The van der Waals surface area contributed by atoms with Gasteiger partial charge in [-0.15, -0.1) is 0 Å². The molecule has 1 fully saturated rings. The Hall–Kier alpha value is -1.37. The number of hydrogen-bond donors (Lipinski definition) is 1. The molecule has 1 aliphatic heterocycles. The quantitative estimate of drug-likeness (QED) is 0.925. The van der Waals surface area contributed by atoms with Crippen LogP contribution in [0, 0.1) is 5.92 Å². The molecular formula is C13H13F3N2OS. The number of H-pyrrole nitrogens is 1. The highest BCUT2D eigenvalue weighted by Gasteiger charge is 2.31. The number of thioether (sulfide) groups is 1. The molecule has 3 rings (SSSR count). The van der Waals surface area contributed by atoms with Gasteiger partial charge in [-0.2, -0.15) is 24.9 Å². The molecule has 20 heavy (non-hydrogen) atoms. The van der Waals surface area contributed by atoms with Crippen LogP contribution in [0.3, 0.4) is 0 Å². The monoisotopic (exact) mass is 302 g/mol. The van der Waals surface area contributed by atoms with E-state index in [-0.39, 0.29) is 11.2 Å². The standard InChI is InChI=1S/C13H13F3N2OS/c14-13(15,16)9-1-2-11-10(5-9)17-12(19)18(11)6-8-3-4-20-7-8/h1-2,5,8H,3-4,6-7H2,(H,17,19). The number of halogens is 3. The molecule has 7 heteroatoms. The minimum Gasteiger partial charge on any atom is -0.306 e. The maximum absolute atomic E-state index is 12.6. The summed E-state index contributed by atoms with van der Waals surface area (Å²) in [5.41, 5.74) is -0.290. The smallest absolute Gasteiger partial charge is 0.306 e. The fourth-order valence-corrected chi connectivity index (χ4v) is 3.78. The fourth-order valence-electron chi connectivity index (χ4n) is 2.51. The lowest BCUT2D eigenvalue weighted by atomic mass is 10.1. The lowest BCUT2D eigenvalue weighted by Crippen LogP contribution is -2.21. The second kappa shape index (κ2) is 4.87. The van der Waals surface area contributed by atoms with E-state index in [4.69, 9.17) is 0 Å². The Morgan fingerprint density at radius 1 is 1.40 bits per heavy atom. The lowest BCUT2D eigenvalue weighted by molar-refractivity contribution is -0.137. The van der Waals surface area contributed by atoms with Crippen LogP contribution in [0.15, 0.2) is 23.0 Å². The molecule has 108 valence electrons. The van der Waals surface area contributed by atoms with Crippen LogP contribution in [0.25, 0.3) is 11.0 Å². The molecule has 3 nitrogen and oxygen atoms in total. The Bertz CT molecular complexity index is 683. The number of nitrogens with one attached hydrogen (secondary N) is 1. The Balaban J connectivity index is 2.01. The van der Waals surface area contributed by atoms with Crippen molar-refractivity contribution in [3.8, 4) is 0 Å². The first-order valence-electron chi connectivity index (χ1n) is 6.32. The maximum Gasteiger partial charge on any atom is 0.416 e. The van der Waals surface area contributed by atoms with Gasteiger partial charge in [0.2, 0.25) is 0 Å². The predicted octanol–water partition coefficient (Wildman–Crippen LogP) is 3.10. The Morgan fingerprint density at radius 3 is 2.85 bits per heavy atom. The van der Waals surface area contributed by atoms with Crippen molar-refractivity contribution in [3.05, 3.63) is 34.2 Å². The van der Waals surface area contributed by atoms with Crippen molar-refractivity contribution in [2.24, 2.45) is 5.92 Å². The van der Waals surface area contributed by atoms with Gasteiger partial charge < -0.3 is 4.98 Å². The summed E-state index contributed by atoms with van der Waals surface area (Å²) in [6, 6.07) is 3.39. The van der Waals surface area contributed by atoms with E-state index in [0.29, 0.717) is 18.0 Å². The summed E-state index contributed by atoms with van der Waals surface area (Å²) in [6.45, 7) is 0.567. The summed E-state index contributed by atoms with van der Waals surface area (Å²) in [4.78, 5) is 14.4. The highest BCUT2D eigenvalue weighted by Crippen LogP contribution is 2.31. The SMILES string of the molecule is O=c1[nH]c2cc(C(F)(F)F)ccc2n1CC1CCSC1. The summed E-state index contributed by atoms with van der Waals surface area (Å²) in [7, 11) is 0. The molecular weight excluding hydrogens is 289 g/mol. The van der Waals surface area contributed by atoms with E-state index in [2.05, 4.69) is 4.98 Å². The van der Waals surface area contributed by atoms with Crippen molar-refractivity contribution in [3.63, 3.8) is 0 Å². The van der Waals surface area contributed by atoms with Crippen molar-refractivity contribution in [1.82, 2.24) is 9.55 Å². The summed E-state index contributed by atoms with van der Waals surface area (Å²) in [6.07, 6.45) is -3.35. The molecule has 1 aromatic carbocycles. The van der Waals surface area contributed by atoms with E-state index in [9.17, 15) is 18.0 Å². The maximum atomic E-state index is 12.6. The molecule has 1 aliphatic rings. The van der Waals surface area contributed by atoms with Crippen LogP contribution >= 0.6 is 11.8 Å². The second-order valence-electron chi connectivity index (χ2n) is 5.00. The van der Waals surface area contributed by atoms with Gasteiger partial charge in [0.25, 0.3) is 0 Å². The first-order chi connectivity index (χ1) is 9.45. The summed E-state index contributed by atoms with van der Waals surface area (Å²) < 4.78 is 39.5. The Morgan fingerprint density at radius 2 is 2.20 bits per heavy atom. The highest BCUT2D eigenvalue weighted by molar-refractivity contribution is 7.99. The van der Waals surface area contributed by atoms with Gasteiger partial charge in [0.15, 0.2) is 0 Å². The molecule has 2 aromatic rings. The molecule has 0 saturated carbocycles. The minimum absolute atomic E-state index is 0.246. The molecule has 1 aromatic heterocycles. The topological polar surface area (TPSA) is 37.8 Å². The number of fused-ring (bicyclic) bond motifs is 1. The van der Waals surface area contributed by atoms with Gasteiger partial charge in [-0.05, 0) is 42.0 Å². The molecule has 0 spiro atoms. The normalized spacial score (nSPS) is 19.9. The second-order valence-corrected chi connectivity index (χ2v) is 6.15. The van der Waals surface area contributed by atoms with Gasteiger partial charge in [0.1, 0.15) is 0 Å². The molecule has 1 unspecified atom stereocenters. The molecule has 0 aliphatic carbocycles. The zero-order valence-electron chi connectivity index (χ0n) is 10.5. The number of aromatic amines is 1. The number of benzene rings is 1. The van der Waals surface area contributed by atoms with Gasteiger partial charge in [-0.3, -0.25) is 4.57 Å². The molecule has 2 heterocycles. The van der Waals surface area contributed by atoms with Crippen LogP contribution in [0.4, 0.5) is 13.2 Å². The first-order valence-corrected chi connectivity index (χ1v) is 7.48. The summed E-state index contributed by atoms with van der Waals surface area (Å²) in [5, 5.41) is 0. The minimum atomic E-state index is -4.39. The average molecular weight is 302 g/mol. The number of nitrogens with zero attached hydrogens (tertiary/aromatic N) is 1. The third kappa shape index (κ3) is 2.46. The van der Waals surface area contributed by atoms with Gasteiger partial charge in [-0.25, -0.2) is 4.79 Å². The highest BCUT2D eigenvalue weighted by atomic mass is 32.2. The zero-order valence-corrected chi connectivity index (χ0v) is 11.4. The largest absolute Gasteiger partial charge is 0.416 e. The summed E-state index contributed by atoms with van der Waals surface area (Å²) >= 11 is 1.85. The van der Waals surface area contributed by atoms with Crippen molar-refractivity contribution in [1.29, 1.82) is 0 Å². The average Bonchev–Trinajstić information content (AvgIpc) is 2.97. The van der Waals surface area contributed by atoms with Crippen LogP contribution in [-0.2, 0) is 12.7 Å². The molecule has 1 saturated heterocycles. The molecule has 1 N–H and O–H groups in total. The van der Waals surface area contributed by atoms with Crippen molar-refractivity contribution >= 4 is 22.8 Å². The Labute approximate surface area is 117 Å². The van der Waals surface area contributed by atoms with E-state index in [1.807, 2.05) is 11.8 Å². The zero-order chi connectivity index (χ0) is 14.3. The number of hydrogen-bond acceptors (Lipinski definition) is 2. The van der Waals surface area contributed by atoms with Crippen LogP contribution in [0.1, 0.15) is 12.0 Å². The van der Waals surface area contributed by atoms with Gasteiger partial charge in [-0.1, -0.05) is 0 Å². The van der Waals surface area contributed by atoms with Crippen LogP contribution < -0.4 is 5.69 Å². The van der Waals surface area contributed by atoms with Crippen molar-refractivity contribution in [2.75, 3.05) is 11.5 Å². The van der Waals surface area contributed by atoms with Gasteiger partial charge in [0.05, 0.1) is 16.6 Å². The van der Waals surface area contributed by atoms with Gasteiger partial charge in [0, 0.05) is 6.54 Å². The number of aromatic nitrogens is 2.